The summed E-state index contributed by atoms with van der Waals surface area (Å²) in [5.74, 6) is 0. The van der Waals surface area contributed by atoms with Crippen molar-refractivity contribution >= 4 is 15.9 Å². The quantitative estimate of drug-likeness (QED) is 0.781. The molecule has 1 atom stereocenters. The molecule has 1 unspecified atom stereocenters. The predicted octanol–water partition coefficient (Wildman–Crippen LogP) is 4.95. The van der Waals surface area contributed by atoms with Crippen molar-refractivity contribution in [2.75, 3.05) is 6.54 Å². The van der Waals surface area contributed by atoms with E-state index in [2.05, 4.69) is 96.6 Å². The highest BCUT2D eigenvalue weighted by Crippen LogP contribution is 2.22. The third-order valence-corrected chi connectivity index (χ3v) is 4.43. The van der Waals surface area contributed by atoms with E-state index in [1.54, 1.807) is 0 Å². The topological polar surface area (TPSA) is 12.0 Å². The highest BCUT2D eigenvalue weighted by atomic mass is 79.9. The third-order valence-electron chi connectivity index (χ3n) is 3.90. The van der Waals surface area contributed by atoms with Crippen LogP contribution >= 0.6 is 15.9 Å². The molecule has 112 valence electrons. The second-order valence-corrected chi connectivity index (χ2v) is 7.28. The van der Waals surface area contributed by atoms with Crippen molar-refractivity contribution in [1.82, 2.24) is 5.32 Å². The fraction of sp³-hybridized carbons (Fsp3) is 0.368. The molecule has 0 amide bonds. The summed E-state index contributed by atoms with van der Waals surface area (Å²) in [7, 11) is 0. The summed E-state index contributed by atoms with van der Waals surface area (Å²) in [6.07, 6.45) is 1.05. The molecule has 1 nitrogen and oxygen atoms in total. The lowest BCUT2D eigenvalue weighted by Gasteiger charge is -2.28. The van der Waals surface area contributed by atoms with Crippen molar-refractivity contribution in [2.24, 2.45) is 0 Å². The van der Waals surface area contributed by atoms with E-state index in [1.807, 2.05) is 0 Å². The van der Waals surface area contributed by atoms with Crippen LogP contribution in [0.4, 0.5) is 0 Å². The fourth-order valence-electron chi connectivity index (χ4n) is 2.47. The Kier molecular flexibility index (Phi) is 5.60. The SMILES string of the molecule is CC(Cc1ccc(Br)cc1)NCC(C)(C)c1ccccc1. The molecule has 0 heterocycles. The van der Waals surface area contributed by atoms with Gasteiger partial charge in [0.1, 0.15) is 0 Å². The molecule has 2 rings (SSSR count). The number of nitrogens with one attached hydrogen (secondary N) is 1. The molecule has 0 bridgehead atoms. The molecule has 2 aromatic carbocycles. The van der Waals surface area contributed by atoms with Crippen molar-refractivity contribution in [1.29, 1.82) is 0 Å². The molecule has 1 N–H and O–H groups in total. The van der Waals surface area contributed by atoms with Gasteiger partial charge in [-0.25, -0.2) is 0 Å². The van der Waals surface area contributed by atoms with Gasteiger partial charge in [-0.1, -0.05) is 72.2 Å². The van der Waals surface area contributed by atoms with Gasteiger partial charge in [0.15, 0.2) is 0 Å². The lowest BCUT2D eigenvalue weighted by Crippen LogP contribution is -2.38. The normalized spacial score (nSPS) is 13.1. The minimum absolute atomic E-state index is 0.148. The Morgan fingerprint density at radius 3 is 2.24 bits per heavy atom. The number of hydrogen-bond donors (Lipinski definition) is 1. The van der Waals surface area contributed by atoms with Crippen LogP contribution in [0.1, 0.15) is 31.9 Å². The van der Waals surface area contributed by atoms with E-state index >= 15 is 0 Å². The Balaban J connectivity index is 1.88. The van der Waals surface area contributed by atoms with Crippen molar-refractivity contribution in [3.05, 3.63) is 70.2 Å². The predicted molar refractivity (Wildman–Crippen MR) is 94.8 cm³/mol. The van der Waals surface area contributed by atoms with E-state index in [0.717, 1.165) is 17.4 Å². The first-order chi connectivity index (χ1) is 9.97. The average Bonchev–Trinajstić information content (AvgIpc) is 2.49. The summed E-state index contributed by atoms with van der Waals surface area (Å²) >= 11 is 3.48. The summed E-state index contributed by atoms with van der Waals surface area (Å²) in [5, 5.41) is 3.67. The van der Waals surface area contributed by atoms with Crippen LogP contribution in [0.15, 0.2) is 59.1 Å². The Morgan fingerprint density at radius 2 is 1.62 bits per heavy atom. The van der Waals surface area contributed by atoms with Crippen LogP contribution in [0.5, 0.6) is 0 Å². The van der Waals surface area contributed by atoms with Crippen molar-refractivity contribution in [3.63, 3.8) is 0 Å². The Hall–Kier alpha value is -1.12. The number of halogens is 1. The molecule has 0 fully saturated rings. The van der Waals surface area contributed by atoms with Crippen molar-refractivity contribution in [3.8, 4) is 0 Å². The highest BCUT2D eigenvalue weighted by molar-refractivity contribution is 9.10. The van der Waals surface area contributed by atoms with Gasteiger partial charge in [0.25, 0.3) is 0 Å². The fourth-order valence-corrected chi connectivity index (χ4v) is 2.73. The zero-order valence-corrected chi connectivity index (χ0v) is 14.7. The van der Waals surface area contributed by atoms with Gasteiger partial charge < -0.3 is 5.32 Å². The minimum Gasteiger partial charge on any atom is -0.313 e. The molecule has 2 aromatic rings. The van der Waals surface area contributed by atoms with Crippen LogP contribution in [-0.4, -0.2) is 12.6 Å². The molecular formula is C19H24BrN. The summed E-state index contributed by atoms with van der Waals surface area (Å²) in [5.41, 5.74) is 2.90. The summed E-state index contributed by atoms with van der Waals surface area (Å²) in [4.78, 5) is 0. The molecule has 0 aliphatic heterocycles. The Morgan fingerprint density at radius 1 is 1.00 bits per heavy atom. The first kappa shape index (κ1) is 16.3. The average molecular weight is 346 g/mol. The molecule has 0 aromatic heterocycles. The Bertz CT molecular complexity index is 546. The van der Waals surface area contributed by atoms with Gasteiger partial charge in [-0.3, -0.25) is 0 Å². The third kappa shape index (κ3) is 4.98. The van der Waals surface area contributed by atoms with Crippen LogP contribution in [-0.2, 0) is 11.8 Å². The van der Waals surface area contributed by atoms with Crippen LogP contribution in [0.2, 0.25) is 0 Å². The maximum atomic E-state index is 3.67. The van der Waals surface area contributed by atoms with Gasteiger partial charge in [-0.05, 0) is 36.6 Å². The molecule has 0 saturated carbocycles. The van der Waals surface area contributed by atoms with Gasteiger partial charge in [-0.15, -0.1) is 0 Å². The van der Waals surface area contributed by atoms with E-state index in [9.17, 15) is 0 Å². The zero-order chi connectivity index (χ0) is 15.3. The van der Waals surface area contributed by atoms with Gasteiger partial charge in [-0.2, -0.15) is 0 Å². The summed E-state index contributed by atoms with van der Waals surface area (Å²) < 4.78 is 1.14. The van der Waals surface area contributed by atoms with Crippen LogP contribution in [0, 0.1) is 0 Å². The molecule has 0 spiro atoms. The lowest BCUT2D eigenvalue weighted by molar-refractivity contribution is 0.428. The maximum Gasteiger partial charge on any atom is 0.0175 e. The van der Waals surface area contributed by atoms with Crippen molar-refractivity contribution < 1.29 is 0 Å². The van der Waals surface area contributed by atoms with Gasteiger partial charge in [0.05, 0.1) is 0 Å². The largest absolute Gasteiger partial charge is 0.313 e. The summed E-state index contributed by atoms with van der Waals surface area (Å²) in [6.45, 7) is 7.82. The molecule has 0 radical (unpaired) electrons. The molecule has 2 heteroatoms. The lowest BCUT2D eigenvalue weighted by atomic mass is 9.84. The Labute approximate surface area is 136 Å². The molecule has 0 aliphatic carbocycles. The van der Waals surface area contributed by atoms with E-state index < -0.39 is 0 Å². The van der Waals surface area contributed by atoms with Crippen molar-refractivity contribution in [2.45, 2.75) is 38.6 Å². The van der Waals surface area contributed by atoms with Gasteiger partial charge in [0.2, 0.25) is 0 Å². The maximum absolute atomic E-state index is 3.67. The number of rotatable bonds is 6. The molecule has 0 aliphatic rings. The van der Waals surface area contributed by atoms with Gasteiger partial charge >= 0.3 is 0 Å². The second kappa shape index (κ2) is 7.24. The van der Waals surface area contributed by atoms with E-state index in [4.69, 9.17) is 0 Å². The first-order valence-electron chi connectivity index (χ1n) is 7.51. The highest BCUT2D eigenvalue weighted by Gasteiger charge is 2.20. The van der Waals surface area contributed by atoms with Crippen LogP contribution in [0.25, 0.3) is 0 Å². The van der Waals surface area contributed by atoms with E-state index in [0.29, 0.717) is 6.04 Å². The minimum atomic E-state index is 0.148. The van der Waals surface area contributed by atoms with Gasteiger partial charge in [0, 0.05) is 22.5 Å². The van der Waals surface area contributed by atoms with E-state index in [-0.39, 0.29) is 5.41 Å². The van der Waals surface area contributed by atoms with Crippen LogP contribution < -0.4 is 5.32 Å². The number of benzene rings is 2. The van der Waals surface area contributed by atoms with E-state index in [1.165, 1.54) is 11.1 Å². The smallest absolute Gasteiger partial charge is 0.0175 e. The number of hydrogen-bond acceptors (Lipinski definition) is 1. The monoisotopic (exact) mass is 345 g/mol. The zero-order valence-electron chi connectivity index (χ0n) is 13.1. The first-order valence-corrected chi connectivity index (χ1v) is 8.30. The molecular weight excluding hydrogens is 322 g/mol. The standard InChI is InChI=1S/C19H24BrN/c1-15(13-16-9-11-18(20)12-10-16)21-14-19(2,3)17-7-5-4-6-8-17/h4-12,15,21H,13-14H2,1-3H3. The molecule has 21 heavy (non-hydrogen) atoms. The molecule has 0 saturated heterocycles. The van der Waals surface area contributed by atoms with Crippen LogP contribution in [0.3, 0.4) is 0 Å². The summed E-state index contributed by atoms with van der Waals surface area (Å²) in [6, 6.07) is 19.8. The second-order valence-electron chi connectivity index (χ2n) is 6.36.